The minimum Gasteiger partial charge on any atom is -0.477 e. The van der Waals surface area contributed by atoms with Gasteiger partial charge in [0.2, 0.25) is 0 Å². The number of benzene rings is 2. The molecule has 1 heterocycles. The van der Waals surface area contributed by atoms with Crippen LogP contribution in [0.1, 0.15) is 16.1 Å². The Morgan fingerprint density at radius 1 is 1.17 bits per heavy atom. The number of nitrogens with one attached hydrogen (secondary N) is 1. The first-order chi connectivity index (χ1) is 11.1. The fourth-order valence-electron chi connectivity index (χ4n) is 2.42. The van der Waals surface area contributed by atoms with Crippen LogP contribution in [0.15, 0.2) is 48.5 Å². The number of carboxylic acid groups (broad SMARTS) is 1. The van der Waals surface area contributed by atoms with Crippen LogP contribution in [0.25, 0.3) is 27.2 Å². The topological polar surface area (TPSA) is 70.3 Å². The molecule has 5 nitrogen and oxygen atoms in total. The van der Waals surface area contributed by atoms with Crippen molar-refractivity contribution < 1.29 is 9.90 Å². The zero-order chi connectivity index (χ0) is 16.4. The van der Waals surface area contributed by atoms with Crippen LogP contribution in [0, 0.1) is 13.5 Å². The second-order valence-corrected chi connectivity index (χ2v) is 5.19. The summed E-state index contributed by atoms with van der Waals surface area (Å²) in [6, 6.07) is 14.9. The third kappa shape index (κ3) is 2.83. The molecule has 0 spiro atoms. The molecule has 23 heavy (non-hydrogen) atoms. The lowest BCUT2D eigenvalue weighted by Gasteiger charge is -2.07. The number of nitrogens with zero attached hydrogens (tertiary/aromatic N) is 2. The molecule has 0 radical (unpaired) electrons. The molecule has 0 fully saturated rings. The molecule has 0 unspecified atom stereocenters. The highest BCUT2D eigenvalue weighted by Crippen LogP contribution is 2.34. The van der Waals surface area contributed by atoms with Crippen molar-refractivity contribution >= 4 is 11.7 Å². The van der Waals surface area contributed by atoms with Gasteiger partial charge >= 0.3 is 5.97 Å². The molecule has 0 aliphatic carbocycles. The van der Waals surface area contributed by atoms with E-state index in [1.165, 1.54) is 6.07 Å². The second kappa shape index (κ2) is 5.78. The molecule has 0 aliphatic heterocycles. The SMILES string of the molecule is [C-]#[N+]c1cc(-c2cc(C(=O)O)[nH]n2)ccc1-c1cccc(C)c1. The summed E-state index contributed by atoms with van der Waals surface area (Å²) in [6.07, 6.45) is 0. The number of carbonyl (C=O) groups is 1. The molecule has 112 valence electrons. The van der Waals surface area contributed by atoms with Gasteiger partial charge in [-0.1, -0.05) is 42.0 Å². The van der Waals surface area contributed by atoms with Crippen molar-refractivity contribution in [3.8, 4) is 22.4 Å². The molecule has 0 aliphatic rings. The van der Waals surface area contributed by atoms with Crippen LogP contribution in [0.4, 0.5) is 5.69 Å². The third-order valence-electron chi connectivity index (χ3n) is 3.55. The maximum absolute atomic E-state index is 10.9. The van der Waals surface area contributed by atoms with Crippen molar-refractivity contribution in [2.24, 2.45) is 0 Å². The predicted molar refractivity (Wildman–Crippen MR) is 87.4 cm³/mol. The van der Waals surface area contributed by atoms with Gasteiger partial charge in [0, 0.05) is 0 Å². The lowest BCUT2D eigenvalue weighted by molar-refractivity contribution is 0.0690. The molecule has 2 N–H and O–H groups in total. The van der Waals surface area contributed by atoms with Crippen LogP contribution >= 0.6 is 0 Å². The highest BCUT2D eigenvalue weighted by atomic mass is 16.4. The minimum absolute atomic E-state index is 0.0205. The van der Waals surface area contributed by atoms with E-state index >= 15 is 0 Å². The predicted octanol–water partition coefficient (Wildman–Crippen LogP) is 4.30. The van der Waals surface area contributed by atoms with Crippen molar-refractivity contribution in [3.63, 3.8) is 0 Å². The molecular formula is C18H13N3O2. The summed E-state index contributed by atoms with van der Waals surface area (Å²) in [7, 11) is 0. The molecule has 0 bridgehead atoms. The number of hydrogen-bond acceptors (Lipinski definition) is 2. The monoisotopic (exact) mass is 303 g/mol. The number of carboxylic acids is 1. The molecule has 0 saturated heterocycles. The lowest BCUT2D eigenvalue weighted by atomic mass is 9.99. The number of aromatic nitrogens is 2. The van der Waals surface area contributed by atoms with E-state index in [0.717, 1.165) is 16.7 Å². The van der Waals surface area contributed by atoms with Gasteiger partial charge in [-0.2, -0.15) is 5.10 Å². The van der Waals surface area contributed by atoms with E-state index < -0.39 is 5.97 Å². The summed E-state index contributed by atoms with van der Waals surface area (Å²) in [5.74, 6) is -1.06. The van der Waals surface area contributed by atoms with Crippen LogP contribution < -0.4 is 0 Å². The summed E-state index contributed by atoms with van der Waals surface area (Å²) in [4.78, 5) is 14.5. The molecule has 3 rings (SSSR count). The summed E-state index contributed by atoms with van der Waals surface area (Å²) >= 11 is 0. The number of hydrogen-bond donors (Lipinski definition) is 2. The molecule has 0 atom stereocenters. The summed E-state index contributed by atoms with van der Waals surface area (Å²) in [5, 5.41) is 15.4. The fraction of sp³-hybridized carbons (Fsp3) is 0.0556. The van der Waals surface area contributed by atoms with E-state index in [9.17, 15) is 4.79 Å². The van der Waals surface area contributed by atoms with Gasteiger partial charge in [0.1, 0.15) is 5.69 Å². The van der Waals surface area contributed by atoms with Crippen LogP contribution in [0.3, 0.4) is 0 Å². The normalized spacial score (nSPS) is 10.3. The third-order valence-corrected chi connectivity index (χ3v) is 3.55. The average molecular weight is 303 g/mol. The van der Waals surface area contributed by atoms with Gasteiger partial charge < -0.3 is 5.11 Å². The first-order valence-corrected chi connectivity index (χ1v) is 6.96. The largest absolute Gasteiger partial charge is 0.477 e. The number of rotatable bonds is 3. The van der Waals surface area contributed by atoms with Crippen LogP contribution in [0.2, 0.25) is 0 Å². The summed E-state index contributed by atoms with van der Waals surface area (Å²) < 4.78 is 0. The molecular weight excluding hydrogens is 290 g/mol. The van der Waals surface area contributed by atoms with Crippen molar-refractivity contribution in [1.29, 1.82) is 0 Å². The van der Waals surface area contributed by atoms with Crippen molar-refractivity contribution in [1.82, 2.24) is 10.2 Å². The number of H-pyrrole nitrogens is 1. The van der Waals surface area contributed by atoms with Gasteiger partial charge in [-0.15, -0.1) is 0 Å². The molecule has 5 heteroatoms. The molecule has 2 aromatic carbocycles. The molecule has 0 saturated carbocycles. The van der Waals surface area contributed by atoms with Crippen LogP contribution in [0.5, 0.6) is 0 Å². The average Bonchev–Trinajstić information content (AvgIpc) is 3.04. The van der Waals surface area contributed by atoms with Gasteiger partial charge in [0.05, 0.1) is 12.3 Å². The molecule has 3 aromatic rings. The van der Waals surface area contributed by atoms with Crippen LogP contribution in [-0.2, 0) is 0 Å². The van der Waals surface area contributed by atoms with E-state index in [0.29, 0.717) is 16.9 Å². The number of aryl methyl sites for hydroxylation is 1. The van der Waals surface area contributed by atoms with Gasteiger partial charge in [0.15, 0.2) is 5.69 Å². The second-order valence-electron chi connectivity index (χ2n) is 5.19. The maximum atomic E-state index is 10.9. The zero-order valence-electron chi connectivity index (χ0n) is 12.4. The van der Waals surface area contributed by atoms with Crippen molar-refractivity contribution in [2.75, 3.05) is 0 Å². The smallest absolute Gasteiger partial charge is 0.353 e. The standard InChI is InChI=1S/C18H13N3O2/c1-11-4-3-5-12(8-11)14-7-6-13(9-16(14)19-2)15-10-17(18(22)23)21-20-15/h3-10H,1H3,(H,20,21)(H,22,23). The number of aromatic carboxylic acids is 1. The highest BCUT2D eigenvalue weighted by Gasteiger charge is 2.12. The van der Waals surface area contributed by atoms with E-state index in [1.807, 2.05) is 43.3 Å². The minimum atomic E-state index is -1.06. The first-order valence-electron chi connectivity index (χ1n) is 6.96. The Kier molecular flexibility index (Phi) is 3.65. The molecule has 1 aromatic heterocycles. The van der Waals surface area contributed by atoms with Gasteiger partial charge in [-0.05, 0) is 35.7 Å². The van der Waals surface area contributed by atoms with Gasteiger partial charge in [-0.3, -0.25) is 5.10 Å². The maximum Gasteiger partial charge on any atom is 0.353 e. The van der Waals surface area contributed by atoms with E-state index in [4.69, 9.17) is 11.7 Å². The Labute approximate surface area is 133 Å². The van der Waals surface area contributed by atoms with Crippen LogP contribution in [-0.4, -0.2) is 21.3 Å². The van der Waals surface area contributed by atoms with Gasteiger partial charge in [0.25, 0.3) is 0 Å². The van der Waals surface area contributed by atoms with E-state index in [-0.39, 0.29) is 5.69 Å². The quantitative estimate of drug-likeness (QED) is 0.709. The Morgan fingerprint density at radius 2 is 2.00 bits per heavy atom. The van der Waals surface area contributed by atoms with Gasteiger partial charge in [-0.25, -0.2) is 9.64 Å². The summed E-state index contributed by atoms with van der Waals surface area (Å²) in [5.41, 5.74) is 4.69. The highest BCUT2D eigenvalue weighted by molar-refractivity contribution is 5.88. The van der Waals surface area contributed by atoms with E-state index in [1.54, 1.807) is 6.07 Å². The van der Waals surface area contributed by atoms with Crippen molar-refractivity contribution in [2.45, 2.75) is 6.92 Å². The fourth-order valence-corrected chi connectivity index (χ4v) is 2.42. The molecule has 0 amide bonds. The first kappa shape index (κ1) is 14.5. The zero-order valence-corrected chi connectivity index (χ0v) is 12.4. The summed E-state index contributed by atoms with van der Waals surface area (Å²) in [6.45, 7) is 9.43. The Hall–Kier alpha value is -3.39. The lowest BCUT2D eigenvalue weighted by Crippen LogP contribution is -1.95. The van der Waals surface area contributed by atoms with E-state index in [2.05, 4.69) is 15.0 Å². The van der Waals surface area contributed by atoms with Crippen molar-refractivity contribution in [3.05, 3.63) is 71.2 Å². The Morgan fingerprint density at radius 3 is 2.65 bits per heavy atom. The Balaban J connectivity index is 2.06. The number of aromatic amines is 1. The Bertz CT molecular complexity index is 935.